The summed E-state index contributed by atoms with van der Waals surface area (Å²) in [5, 5.41) is 0. The molecular formula is C33H70ClN. The molecule has 0 fully saturated rings. The minimum Gasteiger partial charge on any atom is -1.00 e. The molecule has 2 heteroatoms. The highest BCUT2D eigenvalue weighted by Gasteiger charge is 2.32. The third kappa shape index (κ3) is 22.0. The Balaban J connectivity index is 0. The molecule has 0 heterocycles. The lowest BCUT2D eigenvalue weighted by Gasteiger charge is -2.45. The van der Waals surface area contributed by atoms with Gasteiger partial charge in [0, 0.05) is 0 Å². The van der Waals surface area contributed by atoms with Crippen LogP contribution in [0.25, 0.3) is 0 Å². The van der Waals surface area contributed by atoms with Gasteiger partial charge in [0.15, 0.2) is 0 Å². The molecule has 0 bridgehead atoms. The number of unbranched alkanes of at least 4 members (excludes halogenated alkanes) is 19. The Morgan fingerprint density at radius 2 is 0.629 bits per heavy atom. The van der Waals surface area contributed by atoms with Crippen LogP contribution in [0.5, 0.6) is 0 Å². The van der Waals surface area contributed by atoms with Crippen LogP contribution in [0.4, 0.5) is 0 Å². The third-order valence-electron chi connectivity index (χ3n) is 8.53. The number of hydrogen-bond donors (Lipinski definition) is 0. The van der Waals surface area contributed by atoms with Crippen LogP contribution in [0.1, 0.15) is 189 Å². The molecule has 0 N–H and O–H groups in total. The van der Waals surface area contributed by atoms with Gasteiger partial charge in [-0.05, 0) is 58.3 Å². The van der Waals surface area contributed by atoms with Crippen LogP contribution in [-0.2, 0) is 0 Å². The third-order valence-corrected chi connectivity index (χ3v) is 8.53. The number of hydrogen-bond acceptors (Lipinski definition) is 0. The largest absolute Gasteiger partial charge is 1.00 e. The normalized spacial score (nSPS) is 12.6. The van der Waals surface area contributed by atoms with E-state index in [2.05, 4.69) is 34.6 Å². The number of nitrogens with zero attached hydrogens (tertiary/aromatic N) is 1. The first-order valence-electron chi connectivity index (χ1n) is 16.5. The van der Waals surface area contributed by atoms with E-state index in [-0.39, 0.29) is 12.4 Å². The van der Waals surface area contributed by atoms with E-state index in [0.29, 0.717) is 0 Å². The van der Waals surface area contributed by atoms with Crippen LogP contribution in [0, 0.1) is 0 Å². The topological polar surface area (TPSA) is 0 Å². The maximum atomic E-state index is 2.64. The zero-order chi connectivity index (χ0) is 25.2. The summed E-state index contributed by atoms with van der Waals surface area (Å²) in [7, 11) is 0. The van der Waals surface area contributed by atoms with Gasteiger partial charge in [-0.3, -0.25) is 0 Å². The fourth-order valence-electron chi connectivity index (χ4n) is 5.93. The van der Waals surface area contributed by atoms with Crippen molar-refractivity contribution in [2.75, 3.05) is 19.6 Å². The summed E-state index contributed by atoms with van der Waals surface area (Å²) in [6.07, 6.45) is 34.6. The Kier molecular flexibility index (Phi) is 30.8. The van der Waals surface area contributed by atoms with E-state index in [4.69, 9.17) is 0 Å². The van der Waals surface area contributed by atoms with Gasteiger partial charge in [-0.2, -0.15) is 0 Å². The minimum absolute atomic E-state index is 0. The van der Waals surface area contributed by atoms with E-state index in [9.17, 15) is 0 Å². The van der Waals surface area contributed by atoms with Crippen molar-refractivity contribution in [2.45, 2.75) is 195 Å². The van der Waals surface area contributed by atoms with Crippen LogP contribution < -0.4 is 12.4 Å². The molecule has 0 aliphatic carbocycles. The number of halogens is 1. The fourth-order valence-corrected chi connectivity index (χ4v) is 5.93. The lowest BCUT2D eigenvalue weighted by atomic mass is 9.99. The van der Waals surface area contributed by atoms with E-state index >= 15 is 0 Å². The van der Waals surface area contributed by atoms with E-state index in [1.54, 1.807) is 0 Å². The van der Waals surface area contributed by atoms with Crippen LogP contribution >= 0.6 is 0 Å². The molecule has 214 valence electrons. The van der Waals surface area contributed by atoms with Crippen LogP contribution in [0.2, 0.25) is 0 Å². The Bertz CT molecular complexity index is 343. The highest BCUT2D eigenvalue weighted by atomic mass is 35.5. The average molecular weight is 516 g/mol. The molecule has 0 spiro atoms. The molecule has 0 aromatic carbocycles. The maximum absolute atomic E-state index is 2.64. The van der Waals surface area contributed by atoms with Crippen LogP contribution in [0.3, 0.4) is 0 Å². The van der Waals surface area contributed by atoms with Gasteiger partial charge in [-0.15, -0.1) is 0 Å². The van der Waals surface area contributed by atoms with E-state index in [1.807, 2.05) is 0 Å². The van der Waals surface area contributed by atoms with E-state index in [1.165, 1.54) is 178 Å². The van der Waals surface area contributed by atoms with Crippen molar-refractivity contribution in [3.05, 3.63) is 0 Å². The highest BCUT2D eigenvalue weighted by Crippen LogP contribution is 2.25. The van der Waals surface area contributed by atoms with Crippen LogP contribution in [0.15, 0.2) is 0 Å². The standard InChI is InChI=1S/C33H70N.ClH/c1-6-10-14-18-22-26-30-34(31-27-23-19-15-11-7-2,32-28-24-20-16-12-8-3)33(5)29-25-21-17-13-9-4;/h33H,6-32H2,1-5H3;1H/q+1;/p-1. The fraction of sp³-hybridized carbons (Fsp3) is 1.00. The minimum atomic E-state index is 0. The summed E-state index contributed by atoms with van der Waals surface area (Å²) >= 11 is 0. The average Bonchev–Trinajstić information content (AvgIpc) is 2.84. The predicted octanol–water partition coefficient (Wildman–Crippen LogP) is 8.64. The van der Waals surface area contributed by atoms with E-state index in [0.717, 1.165) is 6.04 Å². The number of quaternary nitrogens is 1. The molecule has 0 radical (unpaired) electrons. The summed E-state index contributed by atoms with van der Waals surface area (Å²) in [6, 6.07) is 0.864. The SMILES string of the molecule is CCCCCCCC[N+](CCCCCCCC)(CCCCCCCC)C(C)CCCCCCC.[Cl-]. The quantitative estimate of drug-likeness (QED) is 0.0722. The highest BCUT2D eigenvalue weighted by molar-refractivity contribution is 4.61. The zero-order valence-corrected chi connectivity index (χ0v) is 26.3. The van der Waals surface area contributed by atoms with Gasteiger partial charge in [0.25, 0.3) is 0 Å². The van der Waals surface area contributed by atoms with Crippen molar-refractivity contribution >= 4 is 0 Å². The Morgan fingerprint density at radius 3 is 0.943 bits per heavy atom. The van der Waals surface area contributed by atoms with Gasteiger partial charge in [0.05, 0.1) is 25.7 Å². The maximum Gasteiger partial charge on any atom is 0.0861 e. The number of rotatable bonds is 28. The van der Waals surface area contributed by atoms with Gasteiger partial charge < -0.3 is 16.9 Å². The summed E-state index contributed by atoms with van der Waals surface area (Å²) in [5.41, 5.74) is 0. The molecule has 0 aliphatic rings. The molecule has 1 nitrogen and oxygen atoms in total. The summed E-state index contributed by atoms with van der Waals surface area (Å²) < 4.78 is 1.46. The van der Waals surface area contributed by atoms with Crippen molar-refractivity contribution in [3.63, 3.8) is 0 Å². The molecule has 35 heavy (non-hydrogen) atoms. The molecule has 1 unspecified atom stereocenters. The molecule has 0 aliphatic heterocycles. The molecule has 1 atom stereocenters. The molecular weight excluding hydrogens is 446 g/mol. The molecule has 0 saturated heterocycles. The first kappa shape index (κ1) is 37.4. The van der Waals surface area contributed by atoms with Gasteiger partial charge in [-0.1, -0.05) is 130 Å². The lowest BCUT2D eigenvalue weighted by Crippen LogP contribution is -3.00. The smallest absolute Gasteiger partial charge is 0.0861 e. The van der Waals surface area contributed by atoms with Crippen molar-refractivity contribution in [1.29, 1.82) is 0 Å². The van der Waals surface area contributed by atoms with Gasteiger partial charge in [-0.25, -0.2) is 0 Å². The van der Waals surface area contributed by atoms with Crippen molar-refractivity contribution in [3.8, 4) is 0 Å². The predicted molar refractivity (Wildman–Crippen MR) is 158 cm³/mol. The summed E-state index contributed by atoms with van der Waals surface area (Å²) in [5.74, 6) is 0. The first-order chi connectivity index (χ1) is 16.7. The second kappa shape index (κ2) is 28.8. The van der Waals surface area contributed by atoms with E-state index < -0.39 is 0 Å². The molecule has 0 aromatic heterocycles. The Labute approximate surface area is 231 Å². The molecule has 0 aromatic rings. The van der Waals surface area contributed by atoms with Crippen LogP contribution in [-0.4, -0.2) is 30.2 Å². The Hall–Kier alpha value is 0.250. The first-order valence-corrected chi connectivity index (χ1v) is 16.5. The van der Waals surface area contributed by atoms with Gasteiger partial charge in [0.1, 0.15) is 0 Å². The summed E-state index contributed by atoms with van der Waals surface area (Å²) in [6.45, 7) is 16.4. The van der Waals surface area contributed by atoms with Crippen molar-refractivity contribution in [1.82, 2.24) is 0 Å². The molecule has 0 amide bonds. The molecule has 0 saturated carbocycles. The Morgan fingerprint density at radius 1 is 0.371 bits per heavy atom. The van der Waals surface area contributed by atoms with Gasteiger partial charge >= 0.3 is 0 Å². The van der Waals surface area contributed by atoms with Gasteiger partial charge in [0.2, 0.25) is 0 Å². The second-order valence-corrected chi connectivity index (χ2v) is 11.7. The monoisotopic (exact) mass is 516 g/mol. The zero-order valence-electron chi connectivity index (χ0n) is 25.5. The van der Waals surface area contributed by atoms with Crippen molar-refractivity contribution in [2.24, 2.45) is 0 Å². The molecule has 0 rings (SSSR count). The lowest BCUT2D eigenvalue weighted by molar-refractivity contribution is -0.950. The second-order valence-electron chi connectivity index (χ2n) is 11.7. The van der Waals surface area contributed by atoms with Crippen molar-refractivity contribution < 1.29 is 16.9 Å². The summed E-state index contributed by atoms with van der Waals surface area (Å²) in [4.78, 5) is 0.